The van der Waals surface area contributed by atoms with Gasteiger partial charge in [-0.25, -0.2) is 14.7 Å². The van der Waals surface area contributed by atoms with Crippen molar-refractivity contribution in [3.63, 3.8) is 0 Å². The Kier molecular flexibility index (Phi) is 8.12. The molecule has 29 heavy (non-hydrogen) atoms. The molecule has 5 amide bonds. The molecule has 5 N–H and O–H groups in total. The summed E-state index contributed by atoms with van der Waals surface area (Å²) >= 11 is 0. The lowest BCUT2D eigenvalue weighted by Gasteiger charge is -2.36. The van der Waals surface area contributed by atoms with E-state index in [1.54, 1.807) is 0 Å². The molecule has 1 aliphatic carbocycles. The second kappa shape index (κ2) is 10.1. The molecule has 164 valence electrons. The molecule has 10 nitrogen and oxygen atoms in total. The molecule has 1 unspecified atom stereocenters. The van der Waals surface area contributed by atoms with Crippen LogP contribution >= 0.6 is 0 Å². The Labute approximate surface area is 170 Å². The van der Waals surface area contributed by atoms with Gasteiger partial charge in [0.2, 0.25) is 6.41 Å². The number of nitrogens with zero attached hydrogens (tertiary/aromatic N) is 2. The Morgan fingerprint density at radius 1 is 1.24 bits per heavy atom. The molecule has 1 saturated heterocycles. The van der Waals surface area contributed by atoms with E-state index in [0.29, 0.717) is 24.3 Å². The predicted molar refractivity (Wildman–Crippen MR) is 102 cm³/mol. The van der Waals surface area contributed by atoms with Crippen molar-refractivity contribution in [1.29, 1.82) is 0 Å². The number of nitrogens with two attached hydrogens (primary N) is 1. The summed E-state index contributed by atoms with van der Waals surface area (Å²) < 4.78 is -0.772. The smallest absolute Gasteiger partial charge is 0.392 e. The fourth-order valence-electron chi connectivity index (χ4n) is 4.75. The van der Waals surface area contributed by atoms with Crippen molar-refractivity contribution in [3.8, 4) is 0 Å². The largest absolute Gasteiger partial charge is 0.424 e. The summed E-state index contributed by atoms with van der Waals surface area (Å²) in [5.74, 6) is -1.79. The molecule has 4 atom stereocenters. The molecule has 0 spiro atoms. The van der Waals surface area contributed by atoms with E-state index in [2.05, 4.69) is 5.32 Å². The summed E-state index contributed by atoms with van der Waals surface area (Å²) in [6.07, 6.45) is 4.61. The third kappa shape index (κ3) is 5.31. The Hall–Kier alpha value is -2.04. The highest BCUT2D eigenvalue weighted by molar-refractivity contribution is 5.91. The molecule has 0 aromatic heterocycles. The molecule has 2 fully saturated rings. The van der Waals surface area contributed by atoms with Crippen LogP contribution in [0.1, 0.15) is 51.9 Å². The molecule has 0 aromatic carbocycles. The first-order chi connectivity index (χ1) is 13.7. The molecule has 1 saturated carbocycles. The zero-order chi connectivity index (χ0) is 21.6. The Bertz CT molecular complexity index is 622. The molecular weight excluding hydrogens is 380 g/mol. The Morgan fingerprint density at radius 3 is 2.45 bits per heavy atom. The van der Waals surface area contributed by atoms with E-state index in [4.69, 9.17) is 5.73 Å². The van der Waals surface area contributed by atoms with Crippen molar-refractivity contribution in [2.45, 2.75) is 64.0 Å². The van der Waals surface area contributed by atoms with Gasteiger partial charge in [0.1, 0.15) is 0 Å². The summed E-state index contributed by atoms with van der Waals surface area (Å²) in [5.41, 5.74) is 5.54. The summed E-state index contributed by atoms with van der Waals surface area (Å²) in [5, 5.41) is 22.2. The number of nitrogens with one attached hydrogen (secondary N) is 1. The van der Waals surface area contributed by atoms with Crippen LogP contribution in [0, 0.1) is 11.8 Å². The van der Waals surface area contributed by atoms with E-state index in [-0.39, 0.29) is 32.0 Å². The van der Waals surface area contributed by atoms with Crippen LogP contribution in [0.5, 0.6) is 0 Å². The van der Waals surface area contributed by atoms with Crippen LogP contribution < -0.4 is 11.1 Å². The minimum absolute atomic E-state index is 0.0641. The third-order valence-corrected chi connectivity index (χ3v) is 6.12. The summed E-state index contributed by atoms with van der Waals surface area (Å²) in [6.45, 7) is 1.31. The van der Waals surface area contributed by atoms with Gasteiger partial charge in [-0.3, -0.25) is 14.8 Å². The quantitative estimate of drug-likeness (QED) is 0.182. The monoisotopic (exact) mass is 413 g/mol. The van der Waals surface area contributed by atoms with Crippen LogP contribution in [0.15, 0.2) is 0 Å². The van der Waals surface area contributed by atoms with E-state index in [9.17, 15) is 29.5 Å². The predicted octanol–water partition coefficient (Wildman–Crippen LogP) is 0.112. The Balaban J connectivity index is 2.36. The fraction of sp³-hybridized carbons (Fsp3) is 0.789. The summed E-state index contributed by atoms with van der Waals surface area (Å²) in [6, 6.07) is -1.69. The first-order valence-electron chi connectivity index (χ1n) is 10.3. The number of rotatable bonds is 9. The molecule has 1 aliphatic heterocycles. The number of hydrogen-bond acceptors (Lipinski definition) is 6. The van der Waals surface area contributed by atoms with Gasteiger partial charge >= 0.3 is 11.9 Å². The number of quaternary nitrogens is 1. The second-order valence-corrected chi connectivity index (χ2v) is 8.34. The van der Waals surface area contributed by atoms with Gasteiger partial charge in [-0.2, -0.15) is 4.48 Å². The van der Waals surface area contributed by atoms with Crippen LogP contribution in [0.2, 0.25) is 0 Å². The van der Waals surface area contributed by atoms with E-state index in [0.717, 1.165) is 25.7 Å². The molecule has 0 radical (unpaired) electrons. The molecule has 10 heteroatoms. The van der Waals surface area contributed by atoms with E-state index in [1.165, 1.54) is 6.92 Å². The standard InChI is InChI=1S/C19H32N4O6/c1-13(25)10-21-19(28)23(8-4-7-16(23)17(20)26)18(27)15(11-22(29)12-24)9-14-5-2-3-6-14/h12-16,25,29H,2-11H2,1H3,(H2-,20,21,26,28)/p+1/t13-,15-,16+,23?/m1/s1. The van der Waals surface area contributed by atoms with Gasteiger partial charge in [-0.05, 0) is 19.3 Å². The average Bonchev–Trinajstić information content (AvgIpc) is 3.34. The maximum atomic E-state index is 13.7. The van der Waals surface area contributed by atoms with Gasteiger partial charge in [-0.15, -0.1) is 0 Å². The minimum atomic E-state index is -1.01. The molecule has 0 aromatic rings. The van der Waals surface area contributed by atoms with Crippen molar-refractivity contribution in [1.82, 2.24) is 10.4 Å². The number of imide groups is 1. The molecular formula is C19H33N4O6+. The van der Waals surface area contributed by atoms with Crippen molar-refractivity contribution in [2.75, 3.05) is 19.6 Å². The highest BCUT2D eigenvalue weighted by atomic mass is 16.5. The first-order valence-corrected chi connectivity index (χ1v) is 10.3. The van der Waals surface area contributed by atoms with E-state index < -0.39 is 40.4 Å². The number of carbonyl (C=O) groups excluding carboxylic acids is 4. The van der Waals surface area contributed by atoms with Crippen LogP contribution in [0.3, 0.4) is 0 Å². The number of primary amides is 1. The zero-order valence-electron chi connectivity index (χ0n) is 17.0. The van der Waals surface area contributed by atoms with Crippen molar-refractivity contribution < 1.29 is 34.0 Å². The number of urea groups is 1. The van der Waals surface area contributed by atoms with Gasteiger partial charge in [0.05, 0.1) is 25.1 Å². The van der Waals surface area contributed by atoms with Crippen molar-refractivity contribution >= 4 is 24.3 Å². The lowest BCUT2D eigenvalue weighted by Crippen LogP contribution is -2.68. The van der Waals surface area contributed by atoms with Crippen LogP contribution in [0.25, 0.3) is 0 Å². The van der Waals surface area contributed by atoms with Crippen LogP contribution in [0.4, 0.5) is 4.79 Å². The van der Waals surface area contributed by atoms with Gasteiger partial charge in [0, 0.05) is 19.4 Å². The normalized spacial score (nSPS) is 26.7. The fourth-order valence-corrected chi connectivity index (χ4v) is 4.75. The Morgan fingerprint density at radius 2 is 1.90 bits per heavy atom. The maximum Gasteiger partial charge on any atom is 0.424 e. The molecule has 2 aliphatic rings. The van der Waals surface area contributed by atoms with Crippen LogP contribution in [-0.4, -0.2) is 75.9 Å². The van der Waals surface area contributed by atoms with Crippen LogP contribution in [-0.2, 0) is 14.4 Å². The van der Waals surface area contributed by atoms with E-state index >= 15 is 0 Å². The van der Waals surface area contributed by atoms with E-state index in [1.807, 2.05) is 0 Å². The summed E-state index contributed by atoms with van der Waals surface area (Å²) in [4.78, 5) is 49.9. The maximum absolute atomic E-state index is 13.7. The van der Waals surface area contributed by atoms with Crippen molar-refractivity contribution in [3.05, 3.63) is 0 Å². The third-order valence-electron chi connectivity index (χ3n) is 6.12. The summed E-state index contributed by atoms with van der Waals surface area (Å²) in [7, 11) is 0. The van der Waals surface area contributed by atoms with Gasteiger partial charge < -0.3 is 16.2 Å². The first kappa shape index (κ1) is 23.2. The molecule has 1 heterocycles. The van der Waals surface area contributed by atoms with Crippen molar-refractivity contribution in [2.24, 2.45) is 17.6 Å². The minimum Gasteiger partial charge on any atom is -0.392 e. The molecule has 2 rings (SSSR count). The molecule has 0 bridgehead atoms. The number of amides is 5. The topological polar surface area (TPSA) is 150 Å². The number of hydrogen-bond donors (Lipinski definition) is 4. The van der Waals surface area contributed by atoms with Gasteiger partial charge in [-0.1, -0.05) is 25.7 Å². The second-order valence-electron chi connectivity index (χ2n) is 8.34. The average molecular weight is 413 g/mol. The number of aliphatic hydroxyl groups excluding tert-OH is 1. The number of carbonyl (C=O) groups is 4. The highest BCUT2D eigenvalue weighted by Gasteiger charge is 2.58. The zero-order valence-corrected chi connectivity index (χ0v) is 17.0. The lowest BCUT2D eigenvalue weighted by atomic mass is 9.90. The highest BCUT2D eigenvalue weighted by Crippen LogP contribution is 2.35. The van der Waals surface area contributed by atoms with Gasteiger partial charge in [0.15, 0.2) is 6.04 Å². The SMILES string of the molecule is C[C@@H](O)CNC(=O)[N+]1(C(=O)[C@H](CC2CCCC2)CN(O)C=O)CCC[C@H]1C(N)=O. The number of likely N-dealkylation sites (tertiary alicyclic amines) is 1. The number of hydroxylamine groups is 2. The number of aliphatic hydroxyl groups is 1. The lowest BCUT2D eigenvalue weighted by molar-refractivity contribution is -0.779. The van der Waals surface area contributed by atoms with Gasteiger partial charge in [0.25, 0.3) is 5.91 Å².